The molecule has 12 nitrogen and oxygen atoms in total. The number of halogens is 3. The number of nitrogens with one attached hydrogen (secondary N) is 1. The number of likely N-dealkylation sites (N-methyl/N-ethyl adjacent to an activating group) is 1. The molecule has 6 rings (SSSR count). The SMILES string of the molecule is CN(C[C@H]1OC(n2cnc3c(N)ncnc32)[C@H](O)[C@@H]1O)C1CC(CCc2nc3ccc(OC(F)(F)F)cc3[nH]2)C1. The molecule has 4 atom stereocenters. The van der Waals surface area contributed by atoms with E-state index in [1.54, 1.807) is 4.57 Å². The van der Waals surface area contributed by atoms with Crippen LogP contribution in [0.3, 0.4) is 0 Å². The maximum Gasteiger partial charge on any atom is 0.573 e. The minimum absolute atomic E-state index is 0.220. The second-order valence-electron chi connectivity index (χ2n) is 10.5. The molecular formula is C25H29F3N8O4. The number of imidazole rings is 2. The first-order valence-corrected chi connectivity index (χ1v) is 12.9. The number of benzene rings is 1. The Labute approximate surface area is 226 Å². The standard InChI is InChI=1S/C25H29F3N8O4/c1-35(9-17-20(37)21(38)24(39-17)36-11-32-19-22(29)30-10-31-23(19)36)13-6-12(7-13)2-5-18-33-15-4-3-14(8-16(15)34-18)40-25(26,27)28/h3-4,8,10-13,17,20-21,24,37-38H,2,5-7,9H2,1H3,(H,33,34)(H2,29,30,31)/t12?,13?,17-,20-,21-,24?/m1/s1. The van der Waals surface area contributed by atoms with Gasteiger partial charge in [-0.2, -0.15) is 0 Å². The summed E-state index contributed by atoms with van der Waals surface area (Å²) in [6.07, 6.45) is -2.21. The number of nitrogens with two attached hydrogens (primary N) is 1. The Morgan fingerprint density at radius 1 is 1.20 bits per heavy atom. The minimum atomic E-state index is -4.74. The molecule has 2 fully saturated rings. The maximum atomic E-state index is 12.5. The smallest absolute Gasteiger partial charge is 0.406 e. The fraction of sp³-hybridized carbons (Fsp3) is 0.520. The second kappa shape index (κ2) is 10.1. The number of aromatic amines is 1. The highest BCUT2D eigenvalue weighted by Crippen LogP contribution is 2.37. The molecule has 1 aromatic carbocycles. The Hall–Kier alpha value is -3.53. The molecular weight excluding hydrogens is 533 g/mol. The van der Waals surface area contributed by atoms with Gasteiger partial charge in [-0.25, -0.2) is 19.9 Å². The van der Waals surface area contributed by atoms with Crippen molar-refractivity contribution in [1.29, 1.82) is 0 Å². The van der Waals surface area contributed by atoms with E-state index in [0.29, 0.717) is 47.1 Å². The summed E-state index contributed by atoms with van der Waals surface area (Å²) < 4.78 is 49.1. The Morgan fingerprint density at radius 3 is 2.77 bits per heavy atom. The molecule has 3 aromatic heterocycles. The van der Waals surface area contributed by atoms with Gasteiger partial charge < -0.3 is 35.3 Å². The van der Waals surface area contributed by atoms with Gasteiger partial charge in [0.25, 0.3) is 0 Å². The number of aliphatic hydroxyl groups is 2. The number of fused-ring (bicyclic) bond motifs is 2. The highest BCUT2D eigenvalue weighted by atomic mass is 19.4. The van der Waals surface area contributed by atoms with Crippen molar-refractivity contribution in [3.05, 3.63) is 36.7 Å². The second-order valence-corrected chi connectivity index (χ2v) is 10.5. The number of nitrogens with zero attached hydrogens (tertiary/aromatic N) is 6. The third-order valence-electron chi connectivity index (χ3n) is 7.83. The fourth-order valence-corrected chi connectivity index (χ4v) is 5.59. The van der Waals surface area contributed by atoms with Crippen LogP contribution in [0.25, 0.3) is 22.2 Å². The van der Waals surface area contributed by atoms with Crippen LogP contribution >= 0.6 is 0 Å². The molecule has 214 valence electrons. The quantitative estimate of drug-likeness (QED) is 0.251. The van der Waals surface area contributed by atoms with Crippen molar-refractivity contribution in [2.45, 2.75) is 62.6 Å². The number of nitrogen functional groups attached to an aromatic ring is 1. The molecule has 0 amide bonds. The Balaban J connectivity index is 0.999. The van der Waals surface area contributed by atoms with Gasteiger partial charge in [0, 0.05) is 25.1 Å². The summed E-state index contributed by atoms with van der Waals surface area (Å²) >= 11 is 0. The summed E-state index contributed by atoms with van der Waals surface area (Å²) in [5.41, 5.74) is 7.76. The summed E-state index contributed by atoms with van der Waals surface area (Å²) in [7, 11) is 1.97. The number of H-pyrrole nitrogens is 1. The Morgan fingerprint density at radius 2 is 2.00 bits per heavy atom. The number of anilines is 1. The summed E-state index contributed by atoms with van der Waals surface area (Å²) in [5.74, 6) is 1.13. The van der Waals surface area contributed by atoms with Gasteiger partial charge in [0.15, 0.2) is 17.7 Å². The van der Waals surface area contributed by atoms with Crippen molar-refractivity contribution < 1.29 is 32.9 Å². The number of aryl methyl sites for hydroxylation is 1. The van der Waals surface area contributed by atoms with Gasteiger partial charge >= 0.3 is 6.36 Å². The molecule has 0 spiro atoms. The summed E-state index contributed by atoms with van der Waals surface area (Å²) in [5, 5.41) is 21.4. The summed E-state index contributed by atoms with van der Waals surface area (Å²) in [4.78, 5) is 22.0. The molecule has 1 saturated carbocycles. The lowest BCUT2D eigenvalue weighted by Gasteiger charge is -2.42. The van der Waals surface area contributed by atoms with E-state index in [-0.39, 0.29) is 11.6 Å². The predicted molar refractivity (Wildman–Crippen MR) is 136 cm³/mol. The first-order chi connectivity index (χ1) is 19.1. The number of hydrogen-bond acceptors (Lipinski definition) is 10. The van der Waals surface area contributed by atoms with E-state index in [1.165, 1.54) is 30.9 Å². The van der Waals surface area contributed by atoms with E-state index in [2.05, 4.69) is 34.6 Å². The predicted octanol–water partition coefficient (Wildman–Crippen LogP) is 2.15. The van der Waals surface area contributed by atoms with Gasteiger partial charge in [-0.05, 0) is 44.4 Å². The lowest BCUT2D eigenvalue weighted by molar-refractivity contribution is -0.274. The minimum Gasteiger partial charge on any atom is -0.406 e. The highest BCUT2D eigenvalue weighted by molar-refractivity contribution is 5.81. The van der Waals surface area contributed by atoms with Gasteiger partial charge in [-0.1, -0.05) is 0 Å². The molecule has 1 saturated heterocycles. The van der Waals surface area contributed by atoms with Crippen molar-refractivity contribution in [3.8, 4) is 5.75 Å². The Kier molecular flexibility index (Phi) is 6.76. The average molecular weight is 563 g/mol. The molecule has 15 heteroatoms. The molecule has 5 N–H and O–H groups in total. The number of ether oxygens (including phenoxy) is 2. The van der Waals surface area contributed by atoms with Crippen LogP contribution in [0.5, 0.6) is 5.75 Å². The molecule has 1 unspecified atom stereocenters. The number of rotatable bonds is 8. The fourth-order valence-electron chi connectivity index (χ4n) is 5.59. The van der Waals surface area contributed by atoms with E-state index in [9.17, 15) is 23.4 Å². The Bertz CT molecular complexity index is 1500. The average Bonchev–Trinajstić information content (AvgIpc) is 3.54. The third kappa shape index (κ3) is 5.16. The van der Waals surface area contributed by atoms with E-state index in [0.717, 1.165) is 25.1 Å². The van der Waals surface area contributed by atoms with Crippen LogP contribution in [-0.2, 0) is 11.2 Å². The molecule has 4 aromatic rings. The lowest BCUT2D eigenvalue weighted by atomic mass is 9.76. The van der Waals surface area contributed by atoms with Crippen LogP contribution < -0.4 is 10.5 Å². The van der Waals surface area contributed by atoms with Crippen LogP contribution in [0.4, 0.5) is 19.0 Å². The van der Waals surface area contributed by atoms with Gasteiger partial charge in [-0.3, -0.25) is 4.57 Å². The first kappa shape index (κ1) is 26.7. The number of hydrogen-bond donors (Lipinski definition) is 4. The van der Waals surface area contributed by atoms with Crippen molar-refractivity contribution in [3.63, 3.8) is 0 Å². The first-order valence-electron chi connectivity index (χ1n) is 12.9. The van der Waals surface area contributed by atoms with E-state index < -0.39 is 30.9 Å². The number of alkyl halides is 3. The summed E-state index contributed by atoms with van der Waals surface area (Å²) in [6, 6.07) is 4.36. The molecule has 2 aliphatic rings. The largest absolute Gasteiger partial charge is 0.573 e. The molecule has 0 bridgehead atoms. The molecule has 4 heterocycles. The van der Waals surface area contributed by atoms with Crippen molar-refractivity contribution in [1.82, 2.24) is 34.4 Å². The normalized spacial score (nSPS) is 27.1. The zero-order chi connectivity index (χ0) is 28.2. The lowest BCUT2D eigenvalue weighted by Crippen LogP contribution is -2.47. The topological polar surface area (TPSA) is 160 Å². The highest BCUT2D eigenvalue weighted by Gasteiger charge is 2.45. The molecule has 1 aliphatic heterocycles. The number of aliphatic hydroxyl groups excluding tert-OH is 2. The molecule has 0 radical (unpaired) electrons. The third-order valence-corrected chi connectivity index (χ3v) is 7.83. The zero-order valence-corrected chi connectivity index (χ0v) is 21.5. The zero-order valence-electron chi connectivity index (χ0n) is 21.5. The summed E-state index contributed by atoms with van der Waals surface area (Å²) in [6.45, 7) is 0.432. The van der Waals surface area contributed by atoms with Crippen LogP contribution in [-0.4, -0.2) is 88.9 Å². The van der Waals surface area contributed by atoms with Crippen LogP contribution in [0.1, 0.15) is 31.3 Å². The maximum absolute atomic E-state index is 12.5. The molecule has 1 aliphatic carbocycles. The van der Waals surface area contributed by atoms with E-state index in [4.69, 9.17) is 10.5 Å². The van der Waals surface area contributed by atoms with Gasteiger partial charge in [0.1, 0.15) is 41.7 Å². The van der Waals surface area contributed by atoms with Crippen LogP contribution in [0.15, 0.2) is 30.9 Å². The van der Waals surface area contributed by atoms with Crippen LogP contribution in [0, 0.1) is 5.92 Å². The van der Waals surface area contributed by atoms with Crippen LogP contribution in [0.2, 0.25) is 0 Å². The van der Waals surface area contributed by atoms with Gasteiger partial charge in [0.05, 0.1) is 17.4 Å². The van der Waals surface area contributed by atoms with Crippen molar-refractivity contribution >= 4 is 28.0 Å². The number of aromatic nitrogens is 6. The van der Waals surface area contributed by atoms with Crippen molar-refractivity contribution in [2.75, 3.05) is 19.3 Å². The monoisotopic (exact) mass is 562 g/mol. The van der Waals surface area contributed by atoms with Crippen molar-refractivity contribution in [2.24, 2.45) is 5.92 Å². The molecule has 40 heavy (non-hydrogen) atoms. The van der Waals surface area contributed by atoms with E-state index >= 15 is 0 Å². The van der Waals surface area contributed by atoms with Gasteiger partial charge in [0.2, 0.25) is 0 Å². The van der Waals surface area contributed by atoms with E-state index in [1.807, 2.05) is 7.05 Å². The van der Waals surface area contributed by atoms with Gasteiger partial charge in [-0.15, -0.1) is 13.2 Å².